The van der Waals surface area contributed by atoms with Crippen LogP contribution in [-0.4, -0.2) is 25.4 Å². The topological polar surface area (TPSA) is 72.7 Å². The van der Waals surface area contributed by atoms with Gasteiger partial charge in [0.2, 0.25) is 5.91 Å². The Morgan fingerprint density at radius 2 is 2.00 bits per heavy atom. The molecule has 1 N–H and O–H groups in total. The van der Waals surface area contributed by atoms with Crippen molar-refractivity contribution in [3.63, 3.8) is 0 Å². The van der Waals surface area contributed by atoms with Crippen LogP contribution in [0.25, 0.3) is 11.2 Å². The minimum absolute atomic E-state index is 0.115. The molecule has 1 aromatic carbocycles. The van der Waals surface area contributed by atoms with Crippen molar-refractivity contribution in [1.29, 1.82) is 0 Å². The van der Waals surface area contributed by atoms with E-state index in [1.165, 1.54) is 6.33 Å². The van der Waals surface area contributed by atoms with E-state index < -0.39 is 0 Å². The van der Waals surface area contributed by atoms with Gasteiger partial charge in [0, 0.05) is 11.6 Å². The number of anilines is 1. The van der Waals surface area contributed by atoms with Crippen LogP contribution in [0.5, 0.6) is 0 Å². The summed E-state index contributed by atoms with van der Waals surface area (Å²) in [5.41, 5.74) is 3.22. The van der Waals surface area contributed by atoms with E-state index in [0.717, 1.165) is 24.1 Å². The van der Waals surface area contributed by atoms with Crippen LogP contribution in [0.4, 0.5) is 5.69 Å². The zero-order valence-electron chi connectivity index (χ0n) is 12.2. The molecule has 1 fully saturated rings. The number of aromatic nitrogens is 4. The highest BCUT2D eigenvalue weighted by molar-refractivity contribution is 6.33. The third-order valence-electron chi connectivity index (χ3n) is 3.88. The van der Waals surface area contributed by atoms with Gasteiger partial charge in [0.25, 0.3) is 0 Å². The van der Waals surface area contributed by atoms with Gasteiger partial charge in [-0.3, -0.25) is 4.79 Å². The average molecular weight is 328 g/mol. The number of hydrogen-bond acceptors (Lipinski definition) is 4. The summed E-state index contributed by atoms with van der Waals surface area (Å²) in [6.45, 7) is 0.626. The predicted molar refractivity (Wildman–Crippen MR) is 87.2 cm³/mol. The normalized spacial score (nSPS) is 14.1. The van der Waals surface area contributed by atoms with Crippen molar-refractivity contribution in [1.82, 2.24) is 19.5 Å². The molecule has 0 saturated heterocycles. The SMILES string of the molecule is O=C(Nc1ccc(Cn2cnc3c(Cl)ncnc32)cc1)C1CC1. The Balaban J connectivity index is 1.51. The molecule has 1 amide bonds. The number of halogens is 1. The van der Waals surface area contributed by atoms with Crippen molar-refractivity contribution in [2.24, 2.45) is 5.92 Å². The molecule has 2 heterocycles. The third kappa shape index (κ3) is 2.90. The van der Waals surface area contributed by atoms with Crippen molar-refractivity contribution in [2.45, 2.75) is 19.4 Å². The Morgan fingerprint density at radius 1 is 1.22 bits per heavy atom. The van der Waals surface area contributed by atoms with Gasteiger partial charge >= 0.3 is 0 Å². The van der Waals surface area contributed by atoms with Crippen molar-refractivity contribution < 1.29 is 4.79 Å². The first kappa shape index (κ1) is 14.1. The highest BCUT2D eigenvalue weighted by atomic mass is 35.5. The lowest BCUT2D eigenvalue weighted by Gasteiger charge is -2.07. The van der Waals surface area contributed by atoms with Crippen molar-refractivity contribution in [3.05, 3.63) is 47.6 Å². The van der Waals surface area contributed by atoms with Gasteiger partial charge in [0.1, 0.15) is 11.8 Å². The summed E-state index contributed by atoms with van der Waals surface area (Å²) in [5, 5.41) is 3.28. The second-order valence-corrected chi connectivity index (χ2v) is 6.03. The zero-order valence-corrected chi connectivity index (χ0v) is 13.0. The molecular weight excluding hydrogens is 314 g/mol. The summed E-state index contributed by atoms with van der Waals surface area (Å²) in [5.74, 6) is 0.320. The summed E-state index contributed by atoms with van der Waals surface area (Å²) in [4.78, 5) is 24.1. The number of benzene rings is 1. The Kier molecular flexibility index (Phi) is 3.46. The van der Waals surface area contributed by atoms with Crippen LogP contribution in [-0.2, 0) is 11.3 Å². The maximum atomic E-state index is 11.7. The van der Waals surface area contributed by atoms with Crippen LogP contribution < -0.4 is 5.32 Å². The van der Waals surface area contributed by atoms with Crippen LogP contribution in [0.15, 0.2) is 36.9 Å². The maximum Gasteiger partial charge on any atom is 0.227 e. The fourth-order valence-corrected chi connectivity index (χ4v) is 2.62. The Hall–Kier alpha value is -2.47. The van der Waals surface area contributed by atoms with Gasteiger partial charge < -0.3 is 9.88 Å². The van der Waals surface area contributed by atoms with E-state index in [0.29, 0.717) is 22.9 Å². The van der Waals surface area contributed by atoms with E-state index in [1.807, 2.05) is 28.8 Å². The molecule has 0 unspecified atom stereocenters. The van der Waals surface area contributed by atoms with E-state index in [4.69, 9.17) is 11.6 Å². The molecule has 1 aliphatic rings. The largest absolute Gasteiger partial charge is 0.326 e. The first-order valence-corrected chi connectivity index (χ1v) is 7.79. The highest BCUT2D eigenvalue weighted by Gasteiger charge is 2.29. The molecule has 3 aromatic rings. The van der Waals surface area contributed by atoms with Crippen molar-refractivity contribution >= 4 is 34.4 Å². The fraction of sp³-hybridized carbons (Fsp3) is 0.250. The quantitative estimate of drug-likeness (QED) is 0.748. The van der Waals surface area contributed by atoms with Crippen LogP contribution in [0.3, 0.4) is 0 Å². The van der Waals surface area contributed by atoms with Gasteiger partial charge in [-0.25, -0.2) is 15.0 Å². The van der Waals surface area contributed by atoms with E-state index in [2.05, 4.69) is 20.3 Å². The molecule has 2 aromatic heterocycles. The van der Waals surface area contributed by atoms with Crippen molar-refractivity contribution in [2.75, 3.05) is 5.32 Å². The minimum Gasteiger partial charge on any atom is -0.326 e. The fourth-order valence-electron chi connectivity index (χ4n) is 2.45. The number of amides is 1. The molecule has 0 bridgehead atoms. The van der Waals surface area contributed by atoms with Gasteiger partial charge in [-0.15, -0.1) is 0 Å². The third-order valence-corrected chi connectivity index (χ3v) is 4.16. The number of carbonyl (C=O) groups is 1. The number of rotatable bonds is 4. The molecule has 0 atom stereocenters. The lowest BCUT2D eigenvalue weighted by Crippen LogP contribution is -2.13. The van der Waals surface area contributed by atoms with E-state index >= 15 is 0 Å². The molecule has 4 rings (SSSR count). The Bertz CT molecular complexity index is 870. The second-order valence-electron chi connectivity index (χ2n) is 5.67. The maximum absolute atomic E-state index is 11.7. The second kappa shape index (κ2) is 5.62. The van der Waals surface area contributed by atoms with Gasteiger partial charge in [-0.1, -0.05) is 23.7 Å². The van der Waals surface area contributed by atoms with Gasteiger partial charge in [-0.05, 0) is 30.5 Å². The van der Waals surface area contributed by atoms with Crippen LogP contribution in [0.1, 0.15) is 18.4 Å². The van der Waals surface area contributed by atoms with E-state index in [9.17, 15) is 4.79 Å². The number of hydrogen-bond donors (Lipinski definition) is 1. The Labute approximate surface area is 137 Å². The molecule has 0 spiro atoms. The van der Waals surface area contributed by atoms with Gasteiger partial charge in [0.05, 0.1) is 12.9 Å². The van der Waals surface area contributed by atoms with Gasteiger partial charge in [-0.2, -0.15) is 0 Å². The lowest BCUT2D eigenvalue weighted by atomic mass is 10.2. The molecule has 1 saturated carbocycles. The number of fused-ring (bicyclic) bond motifs is 1. The van der Waals surface area contributed by atoms with Crippen LogP contribution >= 0.6 is 11.6 Å². The standard InChI is InChI=1S/C16H14ClN5O/c17-14-13-15(19-8-18-14)22(9-20-13)7-10-1-5-12(6-2-10)21-16(23)11-3-4-11/h1-2,5-6,8-9,11H,3-4,7H2,(H,21,23). The number of nitrogens with zero attached hydrogens (tertiary/aromatic N) is 4. The first-order valence-electron chi connectivity index (χ1n) is 7.42. The van der Waals surface area contributed by atoms with E-state index in [1.54, 1.807) is 6.33 Å². The summed E-state index contributed by atoms with van der Waals surface area (Å²) < 4.78 is 1.92. The first-order chi connectivity index (χ1) is 11.2. The monoisotopic (exact) mass is 327 g/mol. The van der Waals surface area contributed by atoms with E-state index in [-0.39, 0.29) is 11.8 Å². The lowest BCUT2D eigenvalue weighted by molar-refractivity contribution is -0.117. The summed E-state index contributed by atoms with van der Waals surface area (Å²) >= 11 is 6.01. The van der Waals surface area contributed by atoms with Gasteiger partial charge in [0.15, 0.2) is 10.8 Å². The average Bonchev–Trinajstić information content (AvgIpc) is 3.33. The summed E-state index contributed by atoms with van der Waals surface area (Å²) in [6.07, 6.45) is 5.14. The molecule has 23 heavy (non-hydrogen) atoms. The molecule has 6 nitrogen and oxygen atoms in total. The Morgan fingerprint density at radius 3 is 2.74 bits per heavy atom. The summed E-state index contributed by atoms with van der Waals surface area (Å²) in [7, 11) is 0. The smallest absolute Gasteiger partial charge is 0.227 e. The molecule has 0 aliphatic heterocycles. The molecule has 0 radical (unpaired) electrons. The molecule has 7 heteroatoms. The molecule has 1 aliphatic carbocycles. The van der Waals surface area contributed by atoms with Crippen molar-refractivity contribution in [3.8, 4) is 0 Å². The predicted octanol–water partition coefficient (Wildman–Crippen LogP) is 2.88. The summed E-state index contributed by atoms with van der Waals surface area (Å²) in [6, 6.07) is 7.79. The molecular formula is C16H14ClN5O. The molecule has 116 valence electrons. The number of nitrogens with one attached hydrogen (secondary N) is 1. The highest BCUT2D eigenvalue weighted by Crippen LogP contribution is 2.30. The number of carbonyl (C=O) groups excluding carboxylic acids is 1. The minimum atomic E-state index is 0.115. The van der Waals surface area contributed by atoms with Crippen LogP contribution in [0, 0.1) is 5.92 Å². The zero-order chi connectivity index (χ0) is 15.8. The van der Waals surface area contributed by atoms with Crippen LogP contribution in [0.2, 0.25) is 5.15 Å². The number of imidazole rings is 1.